The van der Waals surface area contributed by atoms with E-state index in [1.165, 1.54) is 31.2 Å². The van der Waals surface area contributed by atoms with Gasteiger partial charge in [-0.05, 0) is 61.1 Å². The highest BCUT2D eigenvalue weighted by Crippen LogP contribution is 2.43. The molecule has 2 aliphatic rings. The minimum Gasteiger partial charge on any atom is -0.404 e. The molecule has 0 aliphatic heterocycles. The first kappa shape index (κ1) is 22.3. The van der Waals surface area contributed by atoms with Crippen molar-refractivity contribution >= 4 is 28.7 Å². The molecule has 1 aromatic carbocycles. The lowest BCUT2D eigenvalue weighted by Gasteiger charge is -2.14. The zero-order valence-electron chi connectivity index (χ0n) is 19.3. The number of fused-ring (bicyclic) bond motifs is 1. The summed E-state index contributed by atoms with van der Waals surface area (Å²) in [5, 5.41) is 2.92. The second kappa shape index (κ2) is 9.37. The van der Waals surface area contributed by atoms with Gasteiger partial charge in [0.25, 0.3) is 5.91 Å². The molecule has 0 bridgehead atoms. The quantitative estimate of drug-likeness (QED) is 0.508. The number of amides is 1. The van der Waals surface area contributed by atoms with Crippen LogP contribution in [0.1, 0.15) is 77.9 Å². The monoisotopic (exact) mass is 460 g/mol. The number of carbonyl (C=O) groups is 1. The van der Waals surface area contributed by atoms with Gasteiger partial charge in [0.1, 0.15) is 17.2 Å². The number of nitrogens with one attached hydrogen (secondary N) is 1. The number of aliphatic imine (C=N–C) groups is 1. The topological polar surface area (TPSA) is 98.2 Å². The maximum Gasteiger partial charge on any atom is 0.272 e. The fraction of sp³-hybridized carbons (Fsp3) is 0.385. The highest BCUT2D eigenvalue weighted by molar-refractivity contribution is 6.09. The average Bonchev–Trinajstić information content (AvgIpc) is 3.37. The molecule has 2 fully saturated rings. The SMILES string of the molecule is CN=CC(=CN)c1cc(F)cc(CNC(=O)c2nccc3nc(C4CCCC4)n(C4CC4)c23)c1. The van der Waals surface area contributed by atoms with Crippen LogP contribution in [0, 0.1) is 5.82 Å². The number of nitrogens with two attached hydrogens (primary N) is 1. The van der Waals surface area contributed by atoms with Gasteiger partial charge < -0.3 is 15.6 Å². The van der Waals surface area contributed by atoms with E-state index in [1.54, 1.807) is 25.5 Å². The molecule has 34 heavy (non-hydrogen) atoms. The van der Waals surface area contributed by atoms with Gasteiger partial charge in [0.2, 0.25) is 0 Å². The van der Waals surface area contributed by atoms with Gasteiger partial charge in [-0.3, -0.25) is 9.79 Å². The molecule has 0 atom stereocenters. The first-order chi connectivity index (χ1) is 16.6. The van der Waals surface area contributed by atoms with Crippen molar-refractivity contribution in [3.05, 3.63) is 65.1 Å². The van der Waals surface area contributed by atoms with Crippen molar-refractivity contribution in [2.75, 3.05) is 7.05 Å². The third-order valence-electron chi connectivity index (χ3n) is 6.66. The van der Waals surface area contributed by atoms with Crippen LogP contribution in [0.5, 0.6) is 0 Å². The van der Waals surface area contributed by atoms with E-state index in [1.807, 2.05) is 6.07 Å². The minimum atomic E-state index is -0.404. The van der Waals surface area contributed by atoms with E-state index in [0.29, 0.717) is 34.4 Å². The van der Waals surface area contributed by atoms with E-state index in [0.717, 1.165) is 42.5 Å². The number of benzene rings is 1. The summed E-state index contributed by atoms with van der Waals surface area (Å²) in [4.78, 5) is 26.6. The number of aromatic nitrogens is 3. The van der Waals surface area contributed by atoms with Crippen LogP contribution in [0.3, 0.4) is 0 Å². The van der Waals surface area contributed by atoms with Crippen LogP contribution in [0.15, 0.2) is 41.7 Å². The number of imidazole rings is 1. The molecular weight excluding hydrogens is 431 g/mol. The van der Waals surface area contributed by atoms with E-state index in [-0.39, 0.29) is 12.5 Å². The van der Waals surface area contributed by atoms with Crippen molar-refractivity contribution in [2.45, 2.75) is 57.0 Å². The molecule has 8 heteroatoms. The number of hydrogen-bond donors (Lipinski definition) is 2. The minimum absolute atomic E-state index is 0.163. The molecule has 176 valence electrons. The Morgan fingerprint density at radius 3 is 2.76 bits per heavy atom. The third-order valence-corrected chi connectivity index (χ3v) is 6.66. The van der Waals surface area contributed by atoms with Gasteiger partial charge in [-0.2, -0.15) is 0 Å². The van der Waals surface area contributed by atoms with Crippen molar-refractivity contribution in [1.82, 2.24) is 19.9 Å². The maximum absolute atomic E-state index is 14.3. The first-order valence-electron chi connectivity index (χ1n) is 11.9. The molecule has 3 N–H and O–H groups in total. The van der Waals surface area contributed by atoms with Crippen molar-refractivity contribution in [3.8, 4) is 0 Å². The number of nitrogens with zero attached hydrogens (tertiary/aromatic N) is 4. The fourth-order valence-electron chi connectivity index (χ4n) is 4.94. The molecule has 2 aromatic heterocycles. The van der Waals surface area contributed by atoms with Crippen molar-refractivity contribution in [3.63, 3.8) is 0 Å². The third kappa shape index (κ3) is 4.32. The largest absolute Gasteiger partial charge is 0.404 e. The second-order valence-corrected chi connectivity index (χ2v) is 9.12. The highest BCUT2D eigenvalue weighted by Gasteiger charge is 2.34. The highest BCUT2D eigenvalue weighted by atomic mass is 19.1. The smallest absolute Gasteiger partial charge is 0.272 e. The Kier molecular flexibility index (Phi) is 6.13. The maximum atomic E-state index is 14.3. The molecule has 1 amide bonds. The summed E-state index contributed by atoms with van der Waals surface area (Å²) in [5.41, 5.74) is 9.51. The van der Waals surface area contributed by atoms with E-state index in [4.69, 9.17) is 10.7 Å². The lowest BCUT2D eigenvalue weighted by Crippen LogP contribution is -2.25. The van der Waals surface area contributed by atoms with Gasteiger partial charge in [-0.15, -0.1) is 0 Å². The predicted octanol–water partition coefficient (Wildman–Crippen LogP) is 4.49. The molecule has 2 heterocycles. The summed E-state index contributed by atoms with van der Waals surface area (Å²) in [6.45, 7) is 0.163. The molecule has 0 unspecified atom stereocenters. The van der Waals surface area contributed by atoms with E-state index >= 15 is 0 Å². The Bertz CT molecular complexity index is 1280. The fourth-order valence-corrected chi connectivity index (χ4v) is 4.94. The van der Waals surface area contributed by atoms with Crippen LogP contribution in [0.25, 0.3) is 16.6 Å². The van der Waals surface area contributed by atoms with Gasteiger partial charge in [-0.1, -0.05) is 12.8 Å². The zero-order chi connectivity index (χ0) is 23.7. The summed E-state index contributed by atoms with van der Waals surface area (Å²) in [6.07, 6.45) is 11.6. The summed E-state index contributed by atoms with van der Waals surface area (Å²) in [6, 6.07) is 6.88. The van der Waals surface area contributed by atoms with Gasteiger partial charge in [0.15, 0.2) is 5.69 Å². The molecule has 3 aromatic rings. The molecule has 0 spiro atoms. The Morgan fingerprint density at radius 2 is 2.06 bits per heavy atom. The molecule has 0 radical (unpaired) electrons. The van der Waals surface area contributed by atoms with Crippen molar-refractivity contribution in [1.29, 1.82) is 0 Å². The Hall–Kier alpha value is -3.55. The van der Waals surface area contributed by atoms with Gasteiger partial charge in [0, 0.05) is 49.7 Å². The Balaban J connectivity index is 1.43. The van der Waals surface area contributed by atoms with Gasteiger partial charge in [0.05, 0.1) is 5.52 Å². The van der Waals surface area contributed by atoms with E-state index < -0.39 is 5.82 Å². The molecule has 5 rings (SSSR count). The van der Waals surface area contributed by atoms with E-state index in [9.17, 15) is 9.18 Å². The summed E-state index contributed by atoms with van der Waals surface area (Å²) >= 11 is 0. The lowest BCUT2D eigenvalue weighted by atomic mass is 10.0. The number of carbonyl (C=O) groups excluding carboxylic acids is 1. The number of pyridine rings is 1. The summed E-state index contributed by atoms with van der Waals surface area (Å²) in [7, 11) is 1.63. The van der Waals surface area contributed by atoms with Crippen LogP contribution in [-0.2, 0) is 6.54 Å². The normalized spacial score (nSPS) is 17.2. The first-order valence-corrected chi connectivity index (χ1v) is 11.9. The number of rotatable bonds is 7. The molecule has 2 aliphatic carbocycles. The van der Waals surface area contributed by atoms with Crippen LogP contribution >= 0.6 is 0 Å². The molecule has 7 nitrogen and oxygen atoms in total. The Labute approximate surface area is 198 Å². The summed E-state index contributed by atoms with van der Waals surface area (Å²) < 4.78 is 16.5. The number of allylic oxidation sites excluding steroid dienone is 1. The molecular formula is C26H29FN6O. The van der Waals surface area contributed by atoms with Crippen LogP contribution in [0.2, 0.25) is 0 Å². The van der Waals surface area contributed by atoms with Gasteiger partial charge >= 0.3 is 0 Å². The molecule has 0 saturated heterocycles. The standard InChI is InChI=1S/C26H29FN6O/c1-29-15-19(13-28)18-10-16(11-20(27)12-18)14-31-26(34)23-24-22(8-9-30-23)32-25(17-4-2-3-5-17)33(24)21-6-7-21/h8-13,15,17,21H,2-7,14,28H2,1H3,(H,31,34). The van der Waals surface area contributed by atoms with Crippen LogP contribution < -0.4 is 11.1 Å². The van der Waals surface area contributed by atoms with E-state index in [2.05, 4.69) is 19.9 Å². The van der Waals surface area contributed by atoms with Crippen molar-refractivity contribution < 1.29 is 9.18 Å². The predicted molar refractivity (Wildman–Crippen MR) is 131 cm³/mol. The second-order valence-electron chi connectivity index (χ2n) is 9.12. The van der Waals surface area contributed by atoms with Crippen LogP contribution in [0.4, 0.5) is 4.39 Å². The average molecular weight is 461 g/mol. The summed E-state index contributed by atoms with van der Waals surface area (Å²) in [5.74, 6) is 0.858. The lowest BCUT2D eigenvalue weighted by molar-refractivity contribution is 0.0947. The molecule has 2 saturated carbocycles. The van der Waals surface area contributed by atoms with Gasteiger partial charge in [-0.25, -0.2) is 14.4 Å². The number of hydrogen-bond acceptors (Lipinski definition) is 5. The zero-order valence-corrected chi connectivity index (χ0v) is 19.3. The Morgan fingerprint density at radius 1 is 1.26 bits per heavy atom. The number of halogens is 1. The van der Waals surface area contributed by atoms with Crippen LogP contribution in [-0.4, -0.2) is 33.7 Å². The van der Waals surface area contributed by atoms with Crippen molar-refractivity contribution in [2.24, 2.45) is 10.7 Å².